The number of aliphatic carboxylic acids is 1. The smallest absolute Gasteiger partial charge is 0.311 e. The molecular weight excluding hydrogens is 470 g/mol. The second-order valence-electron chi connectivity index (χ2n) is 8.32. The lowest BCUT2D eigenvalue weighted by molar-refractivity contribution is -0.153. The summed E-state index contributed by atoms with van der Waals surface area (Å²) >= 11 is 0. The van der Waals surface area contributed by atoms with Crippen molar-refractivity contribution in [3.05, 3.63) is 35.9 Å². The molecule has 0 bridgehead atoms. The molecule has 0 aliphatic heterocycles. The first-order valence-corrected chi connectivity index (χ1v) is 11.8. The van der Waals surface area contributed by atoms with Crippen LogP contribution in [0.1, 0.15) is 38.2 Å². The molecule has 1 aliphatic rings. The largest absolute Gasteiger partial charge is 0.481 e. The van der Waals surface area contributed by atoms with Crippen molar-refractivity contribution < 1.29 is 33.8 Å². The van der Waals surface area contributed by atoms with Gasteiger partial charge >= 0.3 is 5.97 Å². The van der Waals surface area contributed by atoms with Gasteiger partial charge in [-0.05, 0) is 24.9 Å². The van der Waals surface area contributed by atoms with Crippen molar-refractivity contribution in [2.75, 3.05) is 33.0 Å². The molecule has 0 aromatic heterocycles. The fourth-order valence-electron chi connectivity index (χ4n) is 3.64. The fraction of sp³-hybridized carbons (Fsp3) is 0.542. The highest BCUT2D eigenvalue weighted by Gasteiger charge is 2.41. The van der Waals surface area contributed by atoms with Gasteiger partial charge in [-0.2, -0.15) is 0 Å². The molecule has 12 heteroatoms. The van der Waals surface area contributed by atoms with Gasteiger partial charge in [0.05, 0.1) is 25.1 Å². The molecule has 0 heterocycles. The maximum Gasteiger partial charge on any atom is 0.311 e. The molecular formula is C24H37N5O7. The molecule has 1 aliphatic carbocycles. The third kappa shape index (κ3) is 11.3. The molecule has 12 nitrogen and oxygen atoms in total. The van der Waals surface area contributed by atoms with Crippen molar-refractivity contribution in [2.24, 2.45) is 11.1 Å². The predicted octanol–water partition coefficient (Wildman–Crippen LogP) is -0.724. The van der Waals surface area contributed by atoms with E-state index in [2.05, 4.69) is 21.3 Å². The highest BCUT2D eigenvalue weighted by atomic mass is 16.5. The summed E-state index contributed by atoms with van der Waals surface area (Å²) in [6.07, 6.45) is 3.33. The molecule has 0 spiro atoms. The van der Waals surface area contributed by atoms with Gasteiger partial charge in [0.1, 0.15) is 12.8 Å². The van der Waals surface area contributed by atoms with Crippen LogP contribution in [0, 0.1) is 5.41 Å². The maximum atomic E-state index is 12.6. The SMILES string of the molecule is CCN.O=CNCC(=O)NC(Cc1ccccc1)C(=O)NCC(=O)NCOCC1(C(=O)O)CCCC1. The van der Waals surface area contributed by atoms with Gasteiger partial charge in [-0.25, -0.2) is 0 Å². The summed E-state index contributed by atoms with van der Waals surface area (Å²) in [6, 6.07) is 8.07. The van der Waals surface area contributed by atoms with E-state index in [1.54, 1.807) is 24.3 Å². The van der Waals surface area contributed by atoms with Crippen molar-refractivity contribution in [1.82, 2.24) is 21.3 Å². The number of amides is 4. The first-order valence-electron chi connectivity index (χ1n) is 11.8. The molecule has 1 aromatic carbocycles. The fourth-order valence-corrected chi connectivity index (χ4v) is 3.64. The second-order valence-corrected chi connectivity index (χ2v) is 8.32. The van der Waals surface area contributed by atoms with Crippen molar-refractivity contribution in [3.8, 4) is 0 Å². The van der Waals surface area contributed by atoms with E-state index in [0.717, 1.165) is 24.9 Å². The molecule has 2 rings (SSSR count). The Morgan fingerprint density at radius 2 is 1.72 bits per heavy atom. The van der Waals surface area contributed by atoms with Crippen LogP contribution in [0.25, 0.3) is 0 Å². The number of benzene rings is 1. The minimum atomic E-state index is -0.949. The number of carboxylic acids is 1. The van der Waals surface area contributed by atoms with Gasteiger partial charge in [0, 0.05) is 6.42 Å². The van der Waals surface area contributed by atoms with Gasteiger partial charge in [-0.1, -0.05) is 50.1 Å². The number of nitrogens with one attached hydrogen (secondary N) is 4. The van der Waals surface area contributed by atoms with Gasteiger partial charge in [0.15, 0.2) is 0 Å². The van der Waals surface area contributed by atoms with Gasteiger partial charge < -0.3 is 36.8 Å². The van der Waals surface area contributed by atoms with E-state index < -0.39 is 35.1 Å². The Kier molecular flexibility index (Phi) is 14.4. The van der Waals surface area contributed by atoms with Gasteiger partial charge in [-0.3, -0.25) is 24.0 Å². The number of carbonyl (C=O) groups excluding carboxylic acids is 4. The van der Waals surface area contributed by atoms with Crippen molar-refractivity contribution in [2.45, 2.75) is 45.1 Å². The van der Waals surface area contributed by atoms with Crippen LogP contribution in [0.15, 0.2) is 30.3 Å². The van der Waals surface area contributed by atoms with Crippen LogP contribution >= 0.6 is 0 Å². The third-order valence-electron chi connectivity index (χ3n) is 5.47. The predicted molar refractivity (Wildman–Crippen MR) is 131 cm³/mol. The normalized spacial score (nSPS) is 14.4. The number of hydrogen-bond donors (Lipinski definition) is 6. The summed E-state index contributed by atoms with van der Waals surface area (Å²) in [7, 11) is 0. The van der Waals surface area contributed by atoms with E-state index in [-0.39, 0.29) is 32.8 Å². The Morgan fingerprint density at radius 3 is 2.31 bits per heavy atom. The lowest BCUT2D eigenvalue weighted by Gasteiger charge is -2.23. The van der Waals surface area contributed by atoms with Gasteiger partial charge in [-0.15, -0.1) is 0 Å². The summed E-state index contributed by atoms with van der Waals surface area (Å²) in [5.41, 5.74) is 4.75. The molecule has 1 fully saturated rings. The highest BCUT2D eigenvalue weighted by Crippen LogP contribution is 2.38. The van der Waals surface area contributed by atoms with Gasteiger partial charge in [0.2, 0.25) is 24.1 Å². The minimum absolute atomic E-state index is 0.00891. The standard InChI is InChI=1S/C22H30N4O7.C2H7N/c27-14-23-11-19(29)26-17(10-16-6-2-1-3-7-16)20(30)24-12-18(28)25-15-33-13-22(21(31)32)8-4-5-9-22;1-2-3/h1-3,6-7,14,17H,4-5,8-13,15H2,(H,23,27)(H,24,30)(H,25,28)(H,26,29)(H,31,32);2-3H2,1H3. The third-order valence-corrected chi connectivity index (χ3v) is 5.47. The monoisotopic (exact) mass is 507 g/mol. The van der Waals surface area contributed by atoms with E-state index >= 15 is 0 Å². The van der Waals surface area contributed by atoms with E-state index in [1.165, 1.54) is 0 Å². The summed E-state index contributed by atoms with van der Waals surface area (Å²) in [5, 5.41) is 19.1. The number of ether oxygens (including phenoxy) is 1. The van der Waals surface area contributed by atoms with Crippen LogP contribution in [0.2, 0.25) is 0 Å². The van der Waals surface area contributed by atoms with Crippen LogP contribution in [0.3, 0.4) is 0 Å². The van der Waals surface area contributed by atoms with Crippen molar-refractivity contribution in [1.29, 1.82) is 0 Å². The molecule has 1 unspecified atom stereocenters. The van der Waals surface area contributed by atoms with E-state index in [9.17, 15) is 29.1 Å². The topological polar surface area (TPSA) is 189 Å². The number of carbonyl (C=O) groups is 5. The molecule has 1 atom stereocenters. The molecule has 36 heavy (non-hydrogen) atoms. The number of rotatable bonds is 14. The highest BCUT2D eigenvalue weighted by molar-refractivity contribution is 5.91. The number of nitrogens with two attached hydrogens (primary N) is 1. The Bertz CT molecular complexity index is 845. The lowest BCUT2D eigenvalue weighted by atomic mass is 9.87. The second kappa shape index (κ2) is 17.0. The summed E-state index contributed by atoms with van der Waals surface area (Å²) in [5.74, 6) is -2.53. The van der Waals surface area contributed by atoms with Crippen molar-refractivity contribution in [3.63, 3.8) is 0 Å². The Morgan fingerprint density at radius 1 is 1.08 bits per heavy atom. The molecule has 7 N–H and O–H groups in total. The minimum Gasteiger partial charge on any atom is -0.481 e. The first-order chi connectivity index (χ1) is 17.3. The zero-order valence-electron chi connectivity index (χ0n) is 20.6. The van der Waals surface area contributed by atoms with Crippen LogP contribution in [0.5, 0.6) is 0 Å². The molecule has 1 saturated carbocycles. The summed E-state index contributed by atoms with van der Waals surface area (Å²) in [4.78, 5) is 58.5. The van der Waals surface area contributed by atoms with Gasteiger partial charge in [0.25, 0.3) is 0 Å². The number of hydrogen-bond acceptors (Lipinski definition) is 7. The van der Waals surface area contributed by atoms with Crippen LogP contribution < -0.4 is 27.0 Å². The molecule has 0 radical (unpaired) electrons. The lowest BCUT2D eigenvalue weighted by Crippen LogP contribution is -2.51. The Hall–Kier alpha value is -3.51. The molecule has 1 aromatic rings. The quantitative estimate of drug-likeness (QED) is 0.108. The molecule has 0 saturated heterocycles. The van der Waals surface area contributed by atoms with Crippen LogP contribution in [0.4, 0.5) is 0 Å². The number of carboxylic acid groups (broad SMARTS) is 1. The van der Waals surface area contributed by atoms with E-state index in [1.807, 2.05) is 13.0 Å². The zero-order chi connectivity index (χ0) is 26.8. The molecule has 200 valence electrons. The van der Waals surface area contributed by atoms with Crippen LogP contribution in [-0.4, -0.2) is 74.2 Å². The Balaban J connectivity index is 0.00000205. The van der Waals surface area contributed by atoms with E-state index in [0.29, 0.717) is 19.3 Å². The zero-order valence-corrected chi connectivity index (χ0v) is 20.6. The Labute approximate surface area is 210 Å². The van der Waals surface area contributed by atoms with E-state index in [4.69, 9.17) is 10.5 Å². The first kappa shape index (κ1) is 30.5. The molecule has 4 amide bonds. The van der Waals surface area contributed by atoms with Crippen LogP contribution in [-0.2, 0) is 35.1 Å². The van der Waals surface area contributed by atoms with Crippen molar-refractivity contribution >= 4 is 30.1 Å². The average molecular weight is 508 g/mol. The maximum absolute atomic E-state index is 12.6. The summed E-state index contributed by atoms with van der Waals surface area (Å²) in [6.45, 7) is 1.86. The summed E-state index contributed by atoms with van der Waals surface area (Å²) < 4.78 is 5.36. The average Bonchev–Trinajstić information content (AvgIpc) is 3.35.